The first-order valence-corrected chi connectivity index (χ1v) is 4.37. The van der Waals surface area contributed by atoms with Crippen LogP contribution in [0.5, 0.6) is 0 Å². The van der Waals surface area contributed by atoms with Gasteiger partial charge in [-0.1, -0.05) is 12.1 Å². The van der Waals surface area contributed by atoms with E-state index in [1.165, 1.54) is 0 Å². The molecule has 0 atom stereocenters. The second-order valence-corrected chi connectivity index (χ2v) is 3.08. The lowest BCUT2D eigenvalue weighted by atomic mass is 10.0. The molecule has 6 heteroatoms. The molecule has 0 radical (unpaired) electrons. The fraction of sp³-hybridized carbons (Fsp3) is 0.0909. The van der Waals surface area contributed by atoms with Gasteiger partial charge in [0.05, 0.1) is 11.1 Å². The molecular weight excluding hydrogens is 235 g/mol. The predicted molar refractivity (Wildman–Crippen MR) is 52.7 cm³/mol. The summed E-state index contributed by atoms with van der Waals surface area (Å²) in [4.78, 5) is 10.4. The van der Waals surface area contributed by atoms with Crippen molar-refractivity contribution in [3.8, 4) is 6.07 Å². The van der Waals surface area contributed by atoms with Crippen molar-refractivity contribution in [1.82, 2.24) is 0 Å². The number of hydrogen-bond acceptors (Lipinski definition) is 2. The molecule has 88 valence electrons. The number of carbonyl (C=O) groups is 1. The minimum atomic E-state index is -4.46. The van der Waals surface area contributed by atoms with Gasteiger partial charge in [-0.2, -0.15) is 18.4 Å². The molecule has 1 rings (SSSR count). The molecule has 0 unspecified atom stereocenters. The number of alkyl halides is 3. The Morgan fingerprint density at radius 3 is 2.18 bits per heavy atom. The van der Waals surface area contributed by atoms with E-state index in [2.05, 4.69) is 0 Å². The van der Waals surface area contributed by atoms with Gasteiger partial charge in [-0.05, 0) is 17.7 Å². The molecule has 0 saturated heterocycles. The SMILES string of the molecule is N#C/C(=C\C(=O)O)c1ccc(C(F)(F)F)cc1. The second-order valence-electron chi connectivity index (χ2n) is 3.08. The smallest absolute Gasteiger partial charge is 0.416 e. The molecule has 0 bridgehead atoms. The average molecular weight is 241 g/mol. The van der Waals surface area contributed by atoms with Crippen molar-refractivity contribution in [2.75, 3.05) is 0 Å². The molecule has 0 spiro atoms. The molecule has 0 aromatic heterocycles. The van der Waals surface area contributed by atoms with E-state index >= 15 is 0 Å². The molecule has 0 amide bonds. The van der Waals surface area contributed by atoms with E-state index < -0.39 is 17.7 Å². The molecule has 1 aromatic carbocycles. The molecular formula is C11H6F3NO2. The van der Waals surface area contributed by atoms with Crippen LogP contribution in [0.3, 0.4) is 0 Å². The van der Waals surface area contributed by atoms with Crippen LogP contribution in [0.4, 0.5) is 13.2 Å². The van der Waals surface area contributed by atoms with E-state index in [-0.39, 0.29) is 11.1 Å². The Hall–Kier alpha value is -2.29. The lowest BCUT2D eigenvalue weighted by Gasteiger charge is -2.06. The summed E-state index contributed by atoms with van der Waals surface area (Å²) in [5.74, 6) is -1.33. The first kappa shape index (κ1) is 12.8. The lowest BCUT2D eigenvalue weighted by Crippen LogP contribution is -2.04. The van der Waals surface area contributed by atoms with Crippen molar-refractivity contribution in [2.45, 2.75) is 6.18 Å². The summed E-state index contributed by atoms with van der Waals surface area (Å²) in [6, 6.07) is 5.31. The van der Waals surface area contributed by atoms with E-state index in [1.807, 2.05) is 0 Å². The first-order chi connectivity index (χ1) is 7.84. The predicted octanol–water partition coefficient (Wildman–Crippen LogP) is 2.70. The number of carboxylic acids is 1. The van der Waals surface area contributed by atoms with Gasteiger partial charge in [0.1, 0.15) is 6.07 Å². The van der Waals surface area contributed by atoms with Crippen LogP contribution in [0, 0.1) is 11.3 Å². The topological polar surface area (TPSA) is 61.1 Å². The highest BCUT2D eigenvalue weighted by Crippen LogP contribution is 2.29. The fourth-order valence-electron chi connectivity index (χ4n) is 1.14. The molecule has 0 saturated carbocycles. The van der Waals surface area contributed by atoms with Crippen LogP contribution in [0.1, 0.15) is 11.1 Å². The van der Waals surface area contributed by atoms with Crippen LogP contribution >= 0.6 is 0 Å². The van der Waals surface area contributed by atoms with Crippen molar-refractivity contribution >= 4 is 11.5 Å². The van der Waals surface area contributed by atoms with Crippen LogP contribution in [0.15, 0.2) is 30.3 Å². The van der Waals surface area contributed by atoms with Gasteiger partial charge >= 0.3 is 12.1 Å². The largest absolute Gasteiger partial charge is 0.478 e. The zero-order valence-corrected chi connectivity index (χ0v) is 8.32. The molecule has 0 aliphatic heterocycles. The highest BCUT2D eigenvalue weighted by atomic mass is 19.4. The summed E-state index contributed by atoms with van der Waals surface area (Å²) >= 11 is 0. The number of halogens is 3. The minimum absolute atomic E-state index is 0.128. The third kappa shape index (κ3) is 3.34. The Kier molecular flexibility index (Phi) is 3.53. The third-order valence-corrected chi connectivity index (χ3v) is 1.91. The standard InChI is InChI=1S/C11H6F3NO2/c12-11(13,14)9-3-1-7(2-4-9)8(6-15)5-10(16)17/h1-5H,(H,16,17)/b8-5+. The van der Waals surface area contributed by atoms with Gasteiger partial charge in [0.25, 0.3) is 0 Å². The van der Waals surface area contributed by atoms with Gasteiger partial charge in [-0.3, -0.25) is 0 Å². The van der Waals surface area contributed by atoms with Gasteiger partial charge in [-0.15, -0.1) is 0 Å². The number of hydrogen-bond donors (Lipinski definition) is 1. The molecule has 0 aliphatic rings. The summed E-state index contributed by atoms with van der Waals surface area (Å²) in [5, 5.41) is 17.1. The number of rotatable bonds is 2. The monoisotopic (exact) mass is 241 g/mol. The number of aliphatic carboxylic acids is 1. The third-order valence-electron chi connectivity index (χ3n) is 1.91. The van der Waals surface area contributed by atoms with E-state index in [0.717, 1.165) is 24.3 Å². The summed E-state index contributed by atoms with van der Waals surface area (Å²) < 4.78 is 36.7. The molecule has 1 aromatic rings. The highest BCUT2D eigenvalue weighted by Gasteiger charge is 2.30. The maximum atomic E-state index is 12.2. The second kappa shape index (κ2) is 4.70. The molecule has 0 fully saturated rings. The van der Waals surface area contributed by atoms with Crippen molar-refractivity contribution in [2.24, 2.45) is 0 Å². The summed E-state index contributed by atoms with van der Waals surface area (Å²) in [5.41, 5.74) is -0.928. The molecule has 3 nitrogen and oxygen atoms in total. The number of benzene rings is 1. The van der Waals surface area contributed by atoms with E-state index in [4.69, 9.17) is 10.4 Å². The van der Waals surface area contributed by atoms with E-state index in [9.17, 15) is 18.0 Å². The van der Waals surface area contributed by atoms with Gasteiger partial charge in [-0.25, -0.2) is 4.79 Å². The Morgan fingerprint density at radius 1 is 1.29 bits per heavy atom. The van der Waals surface area contributed by atoms with Gasteiger partial charge in [0, 0.05) is 6.08 Å². The summed E-state index contributed by atoms with van der Waals surface area (Å²) in [6.07, 6.45) is -3.82. The number of allylic oxidation sites excluding steroid dienone is 1. The van der Waals surface area contributed by atoms with Crippen molar-refractivity contribution in [3.63, 3.8) is 0 Å². The zero-order chi connectivity index (χ0) is 13.1. The van der Waals surface area contributed by atoms with Crippen molar-refractivity contribution in [3.05, 3.63) is 41.5 Å². The number of nitriles is 1. The molecule has 17 heavy (non-hydrogen) atoms. The maximum Gasteiger partial charge on any atom is 0.416 e. The van der Waals surface area contributed by atoms with E-state index in [0.29, 0.717) is 6.08 Å². The van der Waals surface area contributed by atoms with Gasteiger partial charge < -0.3 is 5.11 Å². The highest BCUT2D eigenvalue weighted by molar-refractivity contribution is 5.94. The van der Waals surface area contributed by atoms with Crippen LogP contribution in [-0.4, -0.2) is 11.1 Å². The summed E-state index contributed by atoms with van der Waals surface area (Å²) in [7, 11) is 0. The van der Waals surface area contributed by atoms with Crippen LogP contribution in [0.25, 0.3) is 5.57 Å². The van der Waals surface area contributed by atoms with Gasteiger partial charge in [0.2, 0.25) is 0 Å². The molecule has 1 N–H and O–H groups in total. The maximum absolute atomic E-state index is 12.2. The Bertz CT molecular complexity index is 495. The summed E-state index contributed by atoms with van der Waals surface area (Å²) in [6.45, 7) is 0. The van der Waals surface area contributed by atoms with E-state index in [1.54, 1.807) is 6.07 Å². The fourth-order valence-corrected chi connectivity index (χ4v) is 1.14. The Labute approximate surface area is 94.4 Å². The number of nitrogens with zero attached hydrogens (tertiary/aromatic N) is 1. The van der Waals surface area contributed by atoms with Crippen molar-refractivity contribution in [1.29, 1.82) is 5.26 Å². The molecule has 0 aliphatic carbocycles. The average Bonchev–Trinajstić information content (AvgIpc) is 2.24. The lowest BCUT2D eigenvalue weighted by molar-refractivity contribution is -0.137. The number of carboxylic acid groups (broad SMARTS) is 1. The van der Waals surface area contributed by atoms with Crippen LogP contribution < -0.4 is 0 Å². The van der Waals surface area contributed by atoms with Crippen LogP contribution in [-0.2, 0) is 11.0 Å². The zero-order valence-electron chi connectivity index (χ0n) is 8.32. The van der Waals surface area contributed by atoms with Crippen LogP contribution in [0.2, 0.25) is 0 Å². The Balaban J connectivity index is 3.11. The normalized spacial score (nSPS) is 12.0. The first-order valence-electron chi connectivity index (χ1n) is 4.37. The minimum Gasteiger partial charge on any atom is -0.478 e. The van der Waals surface area contributed by atoms with Gasteiger partial charge in [0.15, 0.2) is 0 Å². The Morgan fingerprint density at radius 2 is 1.82 bits per heavy atom. The molecule has 0 heterocycles. The van der Waals surface area contributed by atoms with Crippen molar-refractivity contribution < 1.29 is 23.1 Å². The quantitative estimate of drug-likeness (QED) is 0.639.